The summed E-state index contributed by atoms with van der Waals surface area (Å²) in [5.74, 6) is 2.49. The van der Waals surface area contributed by atoms with Crippen molar-refractivity contribution in [1.29, 1.82) is 0 Å². The monoisotopic (exact) mass is 206 g/mol. The van der Waals surface area contributed by atoms with Crippen LogP contribution in [0.15, 0.2) is 34.8 Å². The first-order valence-electron chi connectivity index (χ1n) is 3.22. The van der Waals surface area contributed by atoms with Gasteiger partial charge in [-0.1, -0.05) is 36.3 Å². The predicted octanol–water partition coefficient (Wildman–Crippen LogP) is 3.06. The lowest BCUT2D eigenvalue weighted by Crippen LogP contribution is -1.69. The van der Waals surface area contributed by atoms with Gasteiger partial charge >= 0.3 is 0 Å². The highest BCUT2D eigenvalue weighted by Gasteiger charge is 1.85. The zero-order chi connectivity index (χ0) is 8.10. The lowest BCUT2D eigenvalue weighted by Gasteiger charge is -1.90. The minimum absolute atomic E-state index is 0.767. The maximum atomic E-state index is 5.15. The van der Waals surface area contributed by atoms with Crippen molar-refractivity contribution in [1.82, 2.24) is 0 Å². The van der Waals surface area contributed by atoms with Gasteiger partial charge in [-0.2, -0.15) is 0 Å². The Bertz CT molecular complexity index is 290. The standard InChI is InChI=1S/C10H7Br/c1-2-10(11)8-9-6-4-3-5-7-9/h1,3-8H/b10-8+. The van der Waals surface area contributed by atoms with E-state index in [9.17, 15) is 0 Å². The number of benzene rings is 1. The first kappa shape index (κ1) is 8.10. The molecule has 1 aromatic carbocycles. The predicted molar refractivity (Wildman–Crippen MR) is 52.2 cm³/mol. The zero-order valence-corrected chi connectivity index (χ0v) is 7.51. The Morgan fingerprint density at radius 2 is 2.00 bits per heavy atom. The van der Waals surface area contributed by atoms with Gasteiger partial charge in [-0.15, -0.1) is 6.42 Å². The molecule has 54 valence electrons. The molecule has 0 radical (unpaired) electrons. The Balaban J connectivity index is 2.90. The Hall–Kier alpha value is -1.00. The number of halogens is 1. The van der Waals surface area contributed by atoms with Crippen molar-refractivity contribution in [3.8, 4) is 12.3 Å². The molecule has 0 unspecified atom stereocenters. The van der Waals surface area contributed by atoms with Gasteiger partial charge in [0.2, 0.25) is 0 Å². The Kier molecular flexibility index (Phi) is 2.95. The molecule has 1 rings (SSSR count). The van der Waals surface area contributed by atoms with E-state index in [0.717, 1.165) is 10.0 Å². The van der Waals surface area contributed by atoms with E-state index in [4.69, 9.17) is 6.42 Å². The van der Waals surface area contributed by atoms with Crippen LogP contribution in [0.1, 0.15) is 5.56 Å². The minimum Gasteiger partial charge on any atom is -0.114 e. The smallest absolute Gasteiger partial charge is 0.0677 e. The molecular weight excluding hydrogens is 200 g/mol. The molecule has 0 bridgehead atoms. The molecule has 0 aliphatic carbocycles. The van der Waals surface area contributed by atoms with Gasteiger partial charge in [-0.25, -0.2) is 0 Å². The Morgan fingerprint density at radius 1 is 1.36 bits per heavy atom. The molecule has 0 aromatic heterocycles. The molecule has 1 heteroatoms. The summed E-state index contributed by atoms with van der Waals surface area (Å²) >= 11 is 3.24. The second-order valence-corrected chi connectivity index (χ2v) is 2.90. The van der Waals surface area contributed by atoms with Gasteiger partial charge < -0.3 is 0 Å². The first-order valence-corrected chi connectivity index (χ1v) is 4.01. The maximum absolute atomic E-state index is 5.15. The molecule has 0 saturated heterocycles. The van der Waals surface area contributed by atoms with E-state index < -0.39 is 0 Å². The summed E-state index contributed by atoms with van der Waals surface area (Å²) < 4.78 is 0.767. The van der Waals surface area contributed by atoms with Gasteiger partial charge in [0, 0.05) is 0 Å². The first-order chi connectivity index (χ1) is 5.33. The summed E-state index contributed by atoms with van der Waals surface area (Å²) in [6.45, 7) is 0. The lowest BCUT2D eigenvalue weighted by molar-refractivity contribution is 1.66. The van der Waals surface area contributed by atoms with Crippen LogP contribution >= 0.6 is 15.9 Å². The van der Waals surface area contributed by atoms with E-state index >= 15 is 0 Å². The van der Waals surface area contributed by atoms with Crippen LogP contribution < -0.4 is 0 Å². The van der Waals surface area contributed by atoms with Crippen molar-refractivity contribution in [3.05, 3.63) is 40.4 Å². The van der Waals surface area contributed by atoms with Gasteiger partial charge in [0.05, 0.1) is 4.48 Å². The van der Waals surface area contributed by atoms with Gasteiger partial charge in [0.1, 0.15) is 0 Å². The topological polar surface area (TPSA) is 0 Å². The summed E-state index contributed by atoms with van der Waals surface area (Å²) in [5, 5.41) is 0. The highest BCUT2D eigenvalue weighted by atomic mass is 79.9. The fourth-order valence-electron chi connectivity index (χ4n) is 0.737. The second kappa shape index (κ2) is 4.00. The van der Waals surface area contributed by atoms with Crippen molar-refractivity contribution in [2.24, 2.45) is 0 Å². The zero-order valence-electron chi connectivity index (χ0n) is 5.92. The van der Waals surface area contributed by atoms with Crippen molar-refractivity contribution in [2.45, 2.75) is 0 Å². The van der Waals surface area contributed by atoms with Crippen molar-refractivity contribution < 1.29 is 0 Å². The molecule has 0 heterocycles. The third kappa shape index (κ3) is 2.61. The quantitative estimate of drug-likeness (QED) is 0.621. The van der Waals surface area contributed by atoms with E-state index in [1.54, 1.807) is 0 Å². The number of allylic oxidation sites excluding steroid dienone is 1. The summed E-state index contributed by atoms with van der Waals surface area (Å²) in [6.07, 6.45) is 7.06. The highest BCUT2D eigenvalue weighted by Crippen LogP contribution is 2.09. The van der Waals surface area contributed by atoms with Crippen LogP contribution in [0.25, 0.3) is 6.08 Å². The van der Waals surface area contributed by atoms with Crippen LogP contribution in [0.3, 0.4) is 0 Å². The van der Waals surface area contributed by atoms with E-state index in [1.807, 2.05) is 36.4 Å². The Labute approximate surface area is 75.1 Å². The molecule has 1 aromatic rings. The minimum atomic E-state index is 0.767. The third-order valence-corrected chi connectivity index (χ3v) is 1.69. The fraction of sp³-hybridized carbons (Fsp3) is 0. The van der Waals surface area contributed by atoms with Gasteiger partial charge in [0.15, 0.2) is 0 Å². The van der Waals surface area contributed by atoms with Crippen LogP contribution in [-0.4, -0.2) is 0 Å². The van der Waals surface area contributed by atoms with Gasteiger partial charge in [0.25, 0.3) is 0 Å². The maximum Gasteiger partial charge on any atom is 0.0677 e. The molecule has 11 heavy (non-hydrogen) atoms. The normalized spacial score (nSPS) is 10.7. The molecule has 0 aliphatic heterocycles. The Morgan fingerprint density at radius 3 is 2.55 bits per heavy atom. The molecule has 0 spiro atoms. The van der Waals surface area contributed by atoms with Crippen LogP contribution in [0.2, 0.25) is 0 Å². The SMILES string of the molecule is C#C/C(Br)=C\c1ccccc1. The summed E-state index contributed by atoms with van der Waals surface area (Å²) in [6, 6.07) is 9.92. The van der Waals surface area contributed by atoms with Crippen molar-refractivity contribution in [3.63, 3.8) is 0 Å². The average molecular weight is 207 g/mol. The van der Waals surface area contributed by atoms with E-state index in [-0.39, 0.29) is 0 Å². The molecule has 0 aliphatic rings. The van der Waals surface area contributed by atoms with E-state index in [2.05, 4.69) is 21.9 Å². The molecule has 0 N–H and O–H groups in total. The second-order valence-electron chi connectivity index (χ2n) is 2.05. The lowest BCUT2D eigenvalue weighted by atomic mass is 10.2. The molecule has 0 nitrogen and oxygen atoms in total. The molecule has 0 fully saturated rings. The number of hydrogen-bond donors (Lipinski definition) is 0. The van der Waals surface area contributed by atoms with Crippen LogP contribution in [-0.2, 0) is 0 Å². The van der Waals surface area contributed by atoms with Crippen LogP contribution in [0.5, 0.6) is 0 Å². The fourth-order valence-corrected chi connectivity index (χ4v) is 1.00. The highest BCUT2D eigenvalue weighted by molar-refractivity contribution is 9.12. The molecule has 0 saturated carbocycles. The van der Waals surface area contributed by atoms with Crippen LogP contribution in [0.4, 0.5) is 0 Å². The average Bonchev–Trinajstić information content (AvgIpc) is 2.06. The molecular formula is C10H7Br. The summed E-state index contributed by atoms with van der Waals surface area (Å²) in [4.78, 5) is 0. The summed E-state index contributed by atoms with van der Waals surface area (Å²) in [7, 11) is 0. The summed E-state index contributed by atoms with van der Waals surface area (Å²) in [5.41, 5.74) is 1.11. The molecule has 0 amide bonds. The van der Waals surface area contributed by atoms with Gasteiger partial charge in [-0.05, 0) is 27.6 Å². The third-order valence-electron chi connectivity index (χ3n) is 1.23. The van der Waals surface area contributed by atoms with E-state index in [1.165, 1.54) is 0 Å². The number of rotatable bonds is 1. The number of terminal acetylenes is 1. The van der Waals surface area contributed by atoms with Crippen molar-refractivity contribution in [2.75, 3.05) is 0 Å². The number of hydrogen-bond acceptors (Lipinski definition) is 0. The largest absolute Gasteiger partial charge is 0.114 e. The van der Waals surface area contributed by atoms with Gasteiger partial charge in [-0.3, -0.25) is 0 Å². The van der Waals surface area contributed by atoms with Crippen LogP contribution in [0, 0.1) is 12.3 Å². The van der Waals surface area contributed by atoms with Crippen molar-refractivity contribution >= 4 is 22.0 Å². The molecule has 0 atom stereocenters. The van der Waals surface area contributed by atoms with E-state index in [0.29, 0.717) is 0 Å².